The third-order valence-electron chi connectivity index (χ3n) is 5.32. The van der Waals surface area contributed by atoms with E-state index in [4.69, 9.17) is 10.5 Å². The summed E-state index contributed by atoms with van der Waals surface area (Å²) in [5.74, 6) is 6.14. The van der Waals surface area contributed by atoms with Crippen molar-refractivity contribution in [2.75, 3.05) is 19.7 Å². The van der Waals surface area contributed by atoms with Crippen LogP contribution < -0.4 is 11.1 Å². The molecule has 0 saturated heterocycles. The maximum absolute atomic E-state index is 12.2. The number of ether oxygens (including phenoxy) is 1. The minimum absolute atomic E-state index is 0.0531. The maximum Gasteiger partial charge on any atom is 0.407 e. The fraction of sp³-hybridized carbons (Fsp3) is 0.192. The Kier molecular flexibility index (Phi) is 6.12. The number of fused-ring (bicyclic) bond motifs is 3. The molecule has 0 radical (unpaired) electrons. The highest BCUT2D eigenvalue weighted by Gasteiger charge is 2.28. The number of nitrogens with one attached hydrogen (secondary N) is 1. The summed E-state index contributed by atoms with van der Waals surface area (Å²) in [5, 5.41) is 2.72. The molecule has 0 spiro atoms. The first-order valence-corrected chi connectivity index (χ1v) is 10.1. The second-order valence-corrected chi connectivity index (χ2v) is 7.18. The molecule has 0 unspecified atom stereocenters. The number of nitrogens with two attached hydrogens (primary N) is 1. The number of alkyl carbamates (subject to hydrolysis) is 1. The van der Waals surface area contributed by atoms with Gasteiger partial charge < -0.3 is 15.8 Å². The third kappa shape index (κ3) is 4.22. The zero-order valence-corrected chi connectivity index (χ0v) is 16.7. The van der Waals surface area contributed by atoms with E-state index in [1.807, 2.05) is 48.5 Å². The second-order valence-electron chi connectivity index (χ2n) is 7.18. The lowest BCUT2D eigenvalue weighted by Crippen LogP contribution is -2.26. The van der Waals surface area contributed by atoms with Gasteiger partial charge in [0.15, 0.2) is 0 Å². The zero-order chi connectivity index (χ0) is 20.8. The number of carbonyl (C=O) groups is 1. The lowest BCUT2D eigenvalue weighted by Gasteiger charge is -2.14. The van der Waals surface area contributed by atoms with Gasteiger partial charge in [0.1, 0.15) is 6.61 Å². The first-order chi connectivity index (χ1) is 14.8. The molecule has 0 atom stereocenters. The van der Waals surface area contributed by atoms with Crippen molar-refractivity contribution in [2.24, 2.45) is 5.73 Å². The lowest BCUT2D eigenvalue weighted by atomic mass is 9.98. The number of hydrogen-bond acceptors (Lipinski definition) is 3. The van der Waals surface area contributed by atoms with Crippen molar-refractivity contribution >= 4 is 6.09 Å². The maximum atomic E-state index is 12.2. The molecule has 4 rings (SSSR count). The van der Waals surface area contributed by atoms with Crippen molar-refractivity contribution in [1.82, 2.24) is 5.32 Å². The molecule has 0 aliphatic heterocycles. The van der Waals surface area contributed by atoms with E-state index in [9.17, 15) is 4.79 Å². The number of carbonyl (C=O) groups excluding carboxylic acids is 1. The Morgan fingerprint density at radius 2 is 1.57 bits per heavy atom. The molecule has 3 aromatic carbocycles. The highest BCUT2D eigenvalue weighted by Crippen LogP contribution is 2.44. The largest absolute Gasteiger partial charge is 0.449 e. The van der Waals surface area contributed by atoms with Crippen LogP contribution in [0.1, 0.15) is 28.2 Å². The van der Waals surface area contributed by atoms with Gasteiger partial charge in [0.2, 0.25) is 0 Å². The van der Waals surface area contributed by atoms with Gasteiger partial charge in [-0.2, -0.15) is 0 Å². The molecule has 0 heterocycles. The number of amides is 1. The van der Waals surface area contributed by atoms with Crippen LogP contribution in [-0.4, -0.2) is 25.8 Å². The molecule has 0 bridgehead atoms. The van der Waals surface area contributed by atoms with Crippen molar-refractivity contribution in [3.8, 4) is 23.0 Å². The van der Waals surface area contributed by atoms with E-state index in [-0.39, 0.29) is 12.5 Å². The van der Waals surface area contributed by atoms with Crippen LogP contribution in [0.3, 0.4) is 0 Å². The molecular weight excluding hydrogens is 372 g/mol. The average molecular weight is 396 g/mol. The summed E-state index contributed by atoms with van der Waals surface area (Å²) >= 11 is 0. The molecule has 0 fully saturated rings. The topological polar surface area (TPSA) is 64.3 Å². The van der Waals surface area contributed by atoms with Crippen molar-refractivity contribution in [3.63, 3.8) is 0 Å². The predicted octanol–water partition coefficient (Wildman–Crippen LogP) is 4.08. The summed E-state index contributed by atoms with van der Waals surface area (Å²) in [6.45, 7) is 1.11. The molecule has 30 heavy (non-hydrogen) atoms. The Bertz CT molecular complexity index is 1070. The molecule has 4 nitrogen and oxygen atoms in total. The molecule has 3 N–H and O–H groups in total. The predicted molar refractivity (Wildman–Crippen MR) is 119 cm³/mol. The van der Waals surface area contributed by atoms with Gasteiger partial charge in [-0.3, -0.25) is 0 Å². The molecule has 4 heteroatoms. The van der Waals surface area contributed by atoms with Gasteiger partial charge in [-0.05, 0) is 46.8 Å². The fourth-order valence-corrected chi connectivity index (χ4v) is 3.92. The van der Waals surface area contributed by atoms with Crippen molar-refractivity contribution in [2.45, 2.75) is 12.3 Å². The van der Waals surface area contributed by atoms with Crippen LogP contribution in [0.4, 0.5) is 4.79 Å². The van der Waals surface area contributed by atoms with E-state index in [1.165, 1.54) is 22.3 Å². The van der Waals surface area contributed by atoms with E-state index < -0.39 is 6.09 Å². The minimum atomic E-state index is -0.457. The van der Waals surface area contributed by atoms with E-state index >= 15 is 0 Å². The Morgan fingerprint density at radius 1 is 0.933 bits per heavy atom. The van der Waals surface area contributed by atoms with Crippen molar-refractivity contribution < 1.29 is 9.53 Å². The third-order valence-corrected chi connectivity index (χ3v) is 5.32. The summed E-state index contributed by atoms with van der Waals surface area (Å²) in [7, 11) is 0. The van der Waals surface area contributed by atoms with E-state index in [0.29, 0.717) is 13.2 Å². The van der Waals surface area contributed by atoms with E-state index in [2.05, 4.69) is 41.4 Å². The van der Waals surface area contributed by atoms with Crippen LogP contribution in [0.15, 0.2) is 72.8 Å². The Balaban J connectivity index is 1.35. The molecular formula is C26H24N2O2. The minimum Gasteiger partial charge on any atom is -0.449 e. The Hall–Kier alpha value is -3.55. The molecule has 0 aromatic heterocycles. The van der Waals surface area contributed by atoms with E-state index in [0.717, 1.165) is 17.5 Å². The summed E-state index contributed by atoms with van der Waals surface area (Å²) in [6, 6.07) is 24.5. The summed E-state index contributed by atoms with van der Waals surface area (Å²) < 4.78 is 5.52. The summed E-state index contributed by atoms with van der Waals surface area (Å²) in [6.07, 6.45) is 0.325. The molecule has 1 aliphatic rings. The molecule has 1 aliphatic carbocycles. The highest BCUT2D eigenvalue weighted by atomic mass is 16.5. The second kappa shape index (κ2) is 9.30. The number of hydrogen-bond donors (Lipinski definition) is 2. The summed E-state index contributed by atoms with van der Waals surface area (Å²) in [4.78, 5) is 12.2. The van der Waals surface area contributed by atoms with Gasteiger partial charge in [-0.15, -0.1) is 0 Å². The van der Waals surface area contributed by atoms with Crippen LogP contribution in [0, 0.1) is 11.8 Å². The number of rotatable bonds is 5. The quantitative estimate of drug-likeness (QED) is 0.639. The van der Waals surface area contributed by atoms with Crippen LogP contribution in [-0.2, 0) is 11.2 Å². The SMILES string of the molecule is NCCc1ccccc1C#CCNC(=O)OCC1c2ccccc2-c2ccccc21. The van der Waals surface area contributed by atoms with Crippen LogP contribution in [0.2, 0.25) is 0 Å². The van der Waals surface area contributed by atoms with Crippen molar-refractivity contribution in [1.29, 1.82) is 0 Å². The Morgan fingerprint density at radius 3 is 2.27 bits per heavy atom. The number of benzene rings is 3. The monoisotopic (exact) mass is 396 g/mol. The van der Waals surface area contributed by atoms with Crippen LogP contribution >= 0.6 is 0 Å². The lowest BCUT2D eigenvalue weighted by molar-refractivity contribution is 0.144. The van der Waals surface area contributed by atoms with Gasteiger partial charge in [-0.25, -0.2) is 4.79 Å². The smallest absolute Gasteiger partial charge is 0.407 e. The fourth-order valence-electron chi connectivity index (χ4n) is 3.92. The van der Waals surface area contributed by atoms with E-state index in [1.54, 1.807) is 0 Å². The summed E-state index contributed by atoms with van der Waals surface area (Å²) in [5.41, 5.74) is 12.5. The zero-order valence-electron chi connectivity index (χ0n) is 16.7. The normalized spacial score (nSPS) is 11.8. The van der Waals surface area contributed by atoms with Gasteiger partial charge in [0.25, 0.3) is 0 Å². The van der Waals surface area contributed by atoms with Gasteiger partial charge in [0, 0.05) is 11.5 Å². The first-order valence-electron chi connectivity index (χ1n) is 10.1. The van der Waals surface area contributed by atoms with Crippen LogP contribution in [0.25, 0.3) is 11.1 Å². The Labute approximate surface area is 177 Å². The average Bonchev–Trinajstić information content (AvgIpc) is 3.10. The first kappa shape index (κ1) is 19.8. The van der Waals surface area contributed by atoms with Gasteiger partial charge in [-0.1, -0.05) is 78.6 Å². The molecule has 3 aromatic rings. The van der Waals surface area contributed by atoms with Gasteiger partial charge >= 0.3 is 6.09 Å². The van der Waals surface area contributed by atoms with Crippen molar-refractivity contribution in [3.05, 3.63) is 95.1 Å². The molecule has 150 valence electrons. The molecule has 1 amide bonds. The van der Waals surface area contributed by atoms with Crippen LogP contribution in [0.5, 0.6) is 0 Å². The standard InChI is InChI=1S/C26H24N2O2/c27-16-15-20-9-2-1-8-19(20)10-7-17-28-26(29)30-18-25-23-13-5-3-11-21(23)22-12-4-6-14-24(22)25/h1-6,8-9,11-14,25H,15-18,27H2,(H,28,29). The molecule has 0 saturated carbocycles. The van der Waals surface area contributed by atoms with Gasteiger partial charge in [0.05, 0.1) is 6.54 Å². The highest BCUT2D eigenvalue weighted by molar-refractivity contribution is 5.79.